The van der Waals surface area contributed by atoms with Crippen LogP contribution in [0.25, 0.3) is 0 Å². The molecule has 0 spiro atoms. The molecule has 1 aliphatic carbocycles. The number of hydrogen-bond donors (Lipinski definition) is 3. The van der Waals surface area contributed by atoms with Crippen LogP contribution in [0, 0.1) is 5.82 Å². The number of halogens is 4. The molecule has 146 valence electrons. The van der Waals surface area contributed by atoms with Crippen molar-refractivity contribution >= 4 is 15.9 Å². The minimum Gasteiger partial charge on any atom is -0.506 e. The minimum atomic E-state index is -4.26. The topological polar surface area (TPSA) is 81.7 Å². The van der Waals surface area contributed by atoms with Crippen molar-refractivity contribution in [3.05, 3.63) is 23.0 Å². The number of nitrogens with one attached hydrogen (secondary N) is 2. The molecule has 0 bridgehead atoms. The first kappa shape index (κ1) is 19.2. The number of hydrogen-bond acceptors (Lipinski definition) is 4. The van der Waals surface area contributed by atoms with Gasteiger partial charge >= 0.3 is 16.4 Å². The van der Waals surface area contributed by atoms with Crippen molar-refractivity contribution in [3.8, 4) is 5.75 Å². The van der Waals surface area contributed by atoms with Gasteiger partial charge < -0.3 is 10.4 Å². The minimum absolute atomic E-state index is 0.0150. The lowest BCUT2D eigenvalue weighted by Gasteiger charge is -2.28. The molecule has 1 heterocycles. The second kappa shape index (κ2) is 6.86. The third-order valence-electron chi connectivity index (χ3n) is 4.61. The number of rotatable bonds is 4. The van der Waals surface area contributed by atoms with Gasteiger partial charge in [0.15, 0.2) is 5.82 Å². The molecule has 2 aliphatic rings. The van der Waals surface area contributed by atoms with Crippen LogP contribution in [-0.4, -0.2) is 45.4 Å². The largest absolute Gasteiger partial charge is 0.506 e. The van der Waals surface area contributed by atoms with E-state index in [4.69, 9.17) is 0 Å². The number of benzene rings is 1. The third-order valence-corrected chi connectivity index (χ3v) is 6.12. The van der Waals surface area contributed by atoms with Gasteiger partial charge in [-0.1, -0.05) is 0 Å². The summed E-state index contributed by atoms with van der Waals surface area (Å²) in [5.41, 5.74) is 0.363. The van der Waals surface area contributed by atoms with Crippen molar-refractivity contribution in [1.82, 2.24) is 10.0 Å². The molecule has 1 unspecified atom stereocenters. The Morgan fingerprint density at radius 2 is 2.12 bits per heavy atom. The Kier molecular flexibility index (Phi) is 5.06. The van der Waals surface area contributed by atoms with Crippen LogP contribution in [0.4, 0.5) is 23.2 Å². The number of alkyl halides is 3. The van der Waals surface area contributed by atoms with Crippen LogP contribution in [-0.2, 0) is 23.1 Å². The van der Waals surface area contributed by atoms with Crippen LogP contribution in [0.5, 0.6) is 5.75 Å². The van der Waals surface area contributed by atoms with Crippen molar-refractivity contribution in [2.75, 3.05) is 23.9 Å². The summed E-state index contributed by atoms with van der Waals surface area (Å²) in [6, 6.07) is 0.998. The Balaban J connectivity index is 1.82. The molecule has 6 nitrogen and oxygen atoms in total. The van der Waals surface area contributed by atoms with Crippen molar-refractivity contribution in [2.45, 2.75) is 37.9 Å². The van der Waals surface area contributed by atoms with Crippen LogP contribution in [0.15, 0.2) is 6.07 Å². The van der Waals surface area contributed by atoms with E-state index in [0.717, 1.165) is 4.31 Å². The monoisotopic (exact) mass is 397 g/mol. The lowest BCUT2D eigenvalue weighted by Crippen LogP contribution is -2.37. The fraction of sp³-hybridized carbons (Fsp3) is 0.600. The number of aryl methyl sites for hydroxylation is 1. The van der Waals surface area contributed by atoms with E-state index in [0.29, 0.717) is 18.4 Å². The molecule has 0 radical (unpaired) electrons. The summed E-state index contributed by atoms with van der Waals surface area (Å²) in [4.78, 5) is 0. The van der Waals surface area contributed by atoms with Crippen LogP contribution in [0.1, 0.15) is 24.0 Å². The summed E-state index contributed by atoms with van der Waals surface area (Å²) in [6.07, 6.45) is -4.21. The van der Waals surface area contributed by atoms with E-state index in [1.54, 1.807) is 0 Å². The molecule has 0 amide bonds. The highest BCUT2D eigenvalue weighted by atomic mass is 32.2. The van der Waals surface area contributed by atoms with Gasteiger partial charge in [-0.15, -0.1) is 0 Å². The summed E-state index contributed by atoms with van der Waals surface area (Å²) < 4.78 is 78.7. The Morgan fingerprint density at radius 1 is 1.38 bits per heavy atom. The Labute approximate surface area is 148 Å². The second-order valence-electron chi connectivity index (χ2n) is 6.43. The molecule has 26 heavy (non-hydrogen) atoms. The normalized spacial score (nSPS) is 22.5. The molecule has 1 atom stereocenters. The average molecular weight is 397 g/mol. The highest BCUT2D eigenvalue weighted by Gasteiger charge is 2.35. The standard InChI is InChI=1S/C15H19F4N3O3S/c16-13-11-8-10(20-4-3-15(17,18)19)2-1-9(11)7-12(23)14(13)22-6-5-21-26(22,24)25/h7,10,20-21,23H,1-6,8H2. The van der Waals surface area contributed by atoms with Crippen LogP contribution < -0.4 is 14.3 Å². The van der Waals surface area contributed by atoms with Crippen LogP contribution in [0.3, 0.4) is 0 Å². The van der Waals surface area contributed by atoms with Gasteiger partial charge in [-0.25, -0.2) is 8.70 Å². The fourth-order valence-corrected chi connectivity index (χ4v) is 4.63. The zero-order valence-corrected chi connectivity index (χ0v) is 14.6. The molecular formula is C15H19F4N3O3S. The lowest BCUT2D eigenvalue weighted by molar-refractivity contribution is -0.133. The summed E-state index contributed by atoms with van der Waals surface area (Å²) in [7, 11) is -3.91. The molecule has 11 heteroatoms. The number of phenolic OH excluding ortho intramolecular Hbond substituents is 1. The van der Waals surface area contributed by atoms with E-state index in [2.05, 4.69) is 10.0 Å². The van der Waals surface area contributed by atoms with Gasteiger partial charge in [0.1, 0.15) is 11.4 Å². The van der Waals surface area contributed by atoms with E-state index in [9.17, 15) is 31.1 Å². The Morgan fingerprint density at radius 3 is 2.73 bits per heavy atom. The van der Waals surface area contributed by atoms with Gasteiger partial charge in [-0.3, -0.25) is 0 Å². The molecule has 3 rings (SSSR count). The number of phenols is 1. The maximum atomic E-state index is 15.0. The molecule has 1 saturated heterocycles. The number of fused-ring (bicyclic) bond motifs is 1. The van der Waals surface area contributed by atoms with Crippen LogP contribution in [0.2, 0.25) is 0 Å². The van der Waals surface area contributed by atoms with E-state index >= 15 is 0 Å². The van der Waals surface area contributed by atoms with Gasteiger partial charge in [0.25, 0.3) is 0 Å². The molecule has 0 saturated carbocycles. The average Bonchev–Trinajstić information content (AvgIpc) is 2.86. The molecule has 1 fully saturated rings. The van der Waals surface area contributed by atoms with Crippen LogP contribution >= 0.6 is 0 Å². The summed E-state index contributed by atoms with van der Waals surface area (Å²) >= 11 is 0. The van der Waals surface area contributed by atoms with E-state index in [1.165, 1.54) is 6.07 Å². The fourth-order valence-electron chi connectivity index (χ4n) is 3.37. The second-order valence-corrected chi connectivity index (χ2v) is 8.11. The van der Waals surface area contributed by atoms with Crippen molar-refractivity contribution in [3.63, 3.8) is 0 Å². The van der Waals surface area contributed by atoms with Gasteiger partial charge in [0.2, 0.25) is 0 Å². The number of nitrogens with zero attached hydrogens (tertiary/aromatic N) is 1. The highest BCUT2D eigenvalue weighted by Crippen LogP contribution is 2.39. The molecule has 3 N–H and O–H groups in total. The molecule has 0 aromatic heterocycles. The first-order chi connectivity index (χ1) is 12.1. The van der Waals surface area contributed by atoms with Gasteiger partial charge in [-0.05, 0) is 36.5 Å². The quantitative estimate of drug-likeness (QED) is 0.674. The molecule has 1 aromatic rings. The van der Waals surface area contributed by atoms with E-state index in [1.807, 2.05) is 0 Å². The van der Waals surface area contributed by atoms with Crippen molar-refractivity contribution in [1.29, 1.82) is 0 Å². The molecular weight excluding hydrogens is 378 g/mol. The highest BCUT2D eigenvalue weighted by molar-refractivity contribution is 7.91. The first-order valence-corrected chi connectivity index (χ1v) is 9.63. The predicted octanol–water partition coefficient (Wildman–Crippen LogP) is 1.58. The molecule has 1 aliphatic heterocycles. The van der Waals surface area contributed by atoms with Crippen molar-refractivity contribution < 1.29 is 31.1 Å². The summed E-state index contributed by atoms with van der Waals surface area (Å²) in [5, 5.41) is 12.9. The Bertz CT molecular complexity index is 798. The number of aromatic hydroxyl groups is 1. The van der Waals surface area contributed by atoms with E-state index in [-0.39, 0.29) is 37.7 Å². The zero-order chi connectivity index (χ0) is 19.1. The number of anilines is 1. The zero-order valence-electron chi connectivity index (χ0n) is 13.7. The summed E-state index contributed by atoms with van der Waals surface area (Å²) in [6.45, 7) is -0.181. The maximum Gasteiger partial charge on any atom is 0.390 e. The van der Waals surface area contributed by atoms with Crippen molar-refractivity contribution in [2.24, 2.45) is 0 Å². The predicted molar refractivity (Wildman–Crippen MR) is 86.8 cm³/mol. The maximum absolute atomic E-state index is 15.0. The molecule has 1 aromatic carbocycles. The van der Waals surface area contributed by atoms with Gasteiger partial charge in [-0.2, -0.15) is 26.3 Å². The first-order valence-electron chi connectivity index (χ1n) is 8.19. The lowest BCUT2D eigenvalue weighted by atomic mass is 9.87. The van der Waals surface area contributed by atoms with Gasteiger partial charge in [0.05, 0.1) is 6.42 Å². The Hall–Kier alpha value is -1.59. The smallest absolute Gasteiger partial charge is 0.390 e. The van der Waals surface area contributed by atoms with E-state index < -0.39 is 40.1 Å². The third kappa shape index (κ3) is 3.89. The SMILES string of the molecule is O=S1(=O)NCCN1c1c(O)cc2c(c1F)CC(NCCC(F)(F)F)CC2. The summed E-state index contributed by atoms with van der Waals surface area (Å²) in [5.74, 6) is -1.30. The van der Waals surface area contributed by atoms with Gasteiger partial charge in [0, 0.05) is 25.7 Å².